The molecule has 106 valence electrons. The number of nitrogens with two attached hydrogens (primary N) is 1. The van der Waals surface area contributed by atoms with Gasteiger partial charge in [-0.2, -0.15) is 0 Å². The van der Waals surface area contributed by atoms with Gasteiger partial charge in [-0.25, -0.2) is 4.39 Å². The molecule has 3 nitrogen and oxygen atoms in total. The van der Waals surface area contributed by atoms with Gasteiger partial charge in [0.25, 0.3) is 0 Å². The summed E-state index contributed by atoms with van der Waals surface area (Å²) in [5.41, 5.74) is 7.75. The van der Waals surface area contributed by atoms with Gasteiger partial charge in [0.15, 0.2) is 11.6 Å². The minimum Gasteiger partial charge on any atom is -0.496 e. The lowest BCUT2D eigenvalue weighted by Crippen LogP contribution is -2.00. The van der Waals surface area contributed by atoms with Gasteiger partial charge in [-0.3, -0.25) is 0 Å². The normalized spacial score (nSPS) is 10.4. The van der Waals surface area contributed by atoms with Crippen LogP contribution in [-0.2, 0) is 6.61 Å². The summed E-state index contributed by atoms with van der Waals surface area (Å²) in [4.78, 5) is 0. The Morgan fingerprint density at radius 2 is 1.95 bits per heavy atom. The third-order valence-electron chi connectivity index (χ3n) is 2.93. The molecule has 0 saturated carbocycles. The van der Waals surface area contributed by atoms with E-state index in [0.717, 1.165) is 21.3 Å². The standard InChI is InChI=1S/C15H15BrFNO2/c1-9-5-15(12(17)7-13(9)18)20-8-10-3-4-14(19-2)11(16)6-10/h3-7H,8,18H2,1-2H3. The van der Waals surface area contributed by atoms with E-state index >= 15 is 0 Å². The maximum absolute atomic E-state index is 13.7. The summed E-state index contributed by atoms with van der Waals surface area (Å²) in [5, 5.41) is 0. The molecule has 0 unspecified atom stereocenters. The van der Waals surface area contributed by atoms with Gasteiger partial charge in [0.1, 0.15) is 12.4 Å². The van der Waals surface area contributed by atoms with Crippen LogP contribution in [0.1, 0.15) is 11.1 Å². The summed E-state index contributed by atoms with van der Waals surface area (Å²) in [6.45, 7) is 2.08. The van der Waals surface area contributed by atoms with Crippen LogP contribution in [0.2, 0.25) is 0 Å². The molecule has 0 aliphatic heterocycles. The maximum Gasteiger partial charge on any atom is 0.167 e. The summed E-state index contributed by atoms with van der Waals surface area (Å²) < 4.78 is 25.2. The topological polar surface area (TPSA) is 44.5 Å². The molecule has 2 aromatic rings. The monoisotopic (exact) mass is 339 g/mol. The number of hydrogen-bond donors (Lipinski definition) is 1. The molecule has 2 aromatic carbocycles. The second kappa shape index (κ2) is 6.13. The van der Waals surface area contributed by atoms with Crippen LogP contribution in [-0.4, -0.2) is 7.11 Å². The third kappa shape index (κ3) is 3.22. The Morgan fingerprint density at radius 1 is 1.20 bits per heavy atom. The Balaban J connectivity index is 2.13. The highest BCUT2D eigenvalue weighted by atomic mass is 79.9. The number of methoxy groups -OCH3 is 1. The van der Waals surface area contributed by atoms with Crippen LogP contribution in [0.3, 0.4) is 0 Å². The minimum atomic E-state index is -0.458. The number of rotatable bonds is 4. The third-order valence-corrected chi connectivity index (χ3v) is 3.55. The van der Waals surface area contributed by atoms with Gasteiger partial charge in [0.2, 0.25) is 0 Å². The van der Waals surface area contributed by atoms with Crippen LogP contribution in [0.5, 0.6) is 11.5 Å². The molecule has 0 bridgehead atoms. The lowest BCUT2D eigenvalue weighted by atomic mass is 10.2. The Labute approximate surface area is 125 Å². The average molecular weight is 340 g/mol. The van der Waals surface area contributed by atoms with E-state index in [0.29, 0.717) is 5.69 Å². The molecule has 0 amide bonds. The maximum atomic E-state index is 13.7. The van der Waals surface area contributed by atoms with E-state index in [-0.39, 0.29) is 12.4 Å². The Hall–Kier alpha value is -1.75. The van der Waals surface area contributed by atoms with Gasteiger partial charge in [0, 0.05) is 11.8 Å². The Kier molecular flexibility index (Phi) is 4.49. The van der Waals surface area contributed by atoms with Crippen molar-refractivity contribution in [1.82, 2.24) is 0 Å². The first-order chi connectivity index (χ1) is 9.51. The molecule has 2 N–H and O–H groups in total. The van der Waals surface area contributed by atoms with Gasteiger partial charge < -0.3 is 15.2 Å². The van der Waals surface area contributed by atoms with Gasteiger partial charge in [-0.1, -0.05) is 6.07 Å². The molecule has 0 fully saturated rings. The average Bonchev–Trinajstić information content (AvgIpc) is 2.41. The molecule has 0 aliphatic carbocycles. The van der Waals surface area contributed by atoms with Crippen LogP contribution >= 0.6 is 15.9 Å². The van der Waals surface area contributed by atoms with Crippen LogP contribution < -0.4 is 15.2 Å². The number of nitrogen functional groups attached to an aromatic ring is 1. The van der Waals surface area contributed by atoms with Crippen molar-refractivity contribution in [2.75, 3.05) is 12.8 Å². The SMILES string of the molecule is COc1ccc(COc2cc(C)c(N)cc2F)cc1Br. The van der Waals surface area contributed by atoms with Gasteiger partial charge in [-0.15, -0.1) is 0 Å². The lowest BCUT2D eigenvalue weighted by Gasteiger charge is -2.11. The van der Waals surface area contributed by atoms with Crippen molar-refractivity contribution in [3.63, 3.8) is 0 Å². The van der Waals surface area contributed by atoms with E-state index in [1.807, 2.05) is 25.1 Å². The summed E-state index contributed by atoms with van der Waals surface area (Å²) in [5.74, 6) is 0.479. The van der Waals surface area contributed by atoms with E-state index in [2.05, 4.69) is 15.9 Å². The molecule has 0 atom stereocenters. The first-order valence-corrected chi connectivity index (χ1v) is 6.81. The first kappa shape index (κ1) is 14.7. The Bertz CT molecular complexity index is 632. The summed E-state index contributed by atoms with van der Waals surface area (Å²) >= 11 is 3.40. The number of benzene rings is 2. The highest BCUT2D eigenvalue weighted by Gasteiger charge is 2.08. The van der Waals surface area contributed by atoms with E-state index in [1.54, 1.807) is 13.2 Å². The zero-order valence-electron chi connectivity index (χ0n) is 11.2. The van der Waals surface area contributed by atoms with Gasteiger partial charge in [-0.05, 0) is 52.2 Å². The van der Waals surface area contributed by atoms with Crippen molar-refractivity contribution < 1.29 is 13.9 Å². The molecule has 0 aromatic heterocycles. The fourth-order valence-corrected chi connectivity index (χ4v) is 2.33. The van der Waals surface area contributed by atoms with E-state index in [4.69, 9.17) is 15.2 Å². The Morgan fingerprint density at radius 3 is 2.60 bits per heavy atom. The number of anilines is 1. The summed E-state index contributed by atoms with van der Waals surface area (Å²) in [7, 11) is 1.60. The van der Waals surface area contributed by atoms with Crippen molar-refractivity contribution in [1.29, 1.82) is 0 Å². The fourth-order valence-electron chi connectivity index (χ4n) is 1.74. The van der Waals surface area contributed by atoms with Gasteiger partial charge >= 0.3 is 0 Å². The minimum absolute atomic E-state index is 0.198. The highest BCUT2D eigenvalue weighted by molar-refractivity contribution is 9.10. The van der Waals surface area contributed by atoms with Gasteiger partial charge in [0.05, 0.1) is 11.6 Å². The highest BCUT2D eigenvalue weighted by Crippen LogP contribution is 2.27. The molecule has 2 rings (SSSR count). The van der Waals surface area contributed by atoms with E-state index in [9.17, 15) is 4.39 Å². The van der Waals surface area contributed by atoms with Crippen LogP contribution in [0.15, 0.2) is 34.8 Å². The molecule has 0 aliphatic rings. The summed E-state index contributed by atoms with van der Waals surface area (Å²) in [6.07, 6.45) is 0. The second-order valence-corrected chi connectivity index (χ2v) is 5.25. The fraction of sp³-hybridized carbons (Fsp3) is 0.200. The lowest BCUT2D eigenvalue weighted by molar-refractivity contribution is 0.290. The number of aryl methyl sites for hydroxylation is 1. The molecule has 0 radical (unpaired) electrons. The smallest absolute Gasteiger partial charge is 0.167 e. The zero-order chi connectivity index (χ0) is 14.7. The van der Waals surface area contributed by atoms with Crippen LogP contribution in [0, 0.1) is 12.7 Å². The molecule has 5 heteroatoms. The molecule has 0 spiro atoms. The number of ether oxygens (including phenoxy) is 2. The molecular weight excluding hydrogens is 325 g/mol. The van der Waals surface area contributed by atoms with Crippen molar-refractivity contribution in [3.05, 3.63) is 51.7 Å². The number of hydrogen-bond acceptors (Lipinski definition) is 3. The van der Waals surface area contributed by atoms with Crippen molar-refractivity contribution in [3.8, 4) is 11.5 Å². The molecule has 20 heavy (non-hydrogen) atoms. The molecular formula is C15H15BrFNO2. The predicted molar refractivity (Wildman–Crippen MR) is 80.6 cm³/mol. The van der Waals surface area contributed by atoms with E-state index in [1.165, 1.54) is 6.07 Å². The van der Waals surface area contributed by atoms with E-state index < -0.39 is 5.82 Å². The summed E-state index contributed by atoms with van der Waals surface area (Å²) in [6, 6.07) is 8.44. The predicted octanol–water partition coefficient (Wildman–Crippen LogP) is 4.07. The van der Waals surface area contributed by atoms with Crippen molar-refractivity contribution >= 4 is 21.6 Å². The largest absolute Gasteiger partial charge is 0.496 e. The van der Waals surface area contributed by atoms with Crippen molar-refractivity contribution in [2.45, 2.75) is 13.5 Å². The molecule has 0 heterocycles. The quantitative estimate of drug-likeness (QED) is 0.854. The first-order valence-electron chi connectivity index (χ1n) is 6.02. The van der Waals surface area contributed by atoms with Crippen LogP contribution in [0.4, 0.5) is 10.1 Å². The zero-order valence-corrected chi connectivity index (χ0v) is 12.8. The molecule has 0 saturated heterocycles. The van der Waals surface area contributed by atoms with Crippen molar-refractivity contribution in [2.24, 2.45) is 0 Å². The second-order valence-electron chi connectivity index (χ2n) is 4.40. The van der Waals surface area contributed by atoms with Crippen LogP contribution in [0.25, 0.3) is 0 Å². The number of halogens is 2.